The summed E-state index contributed by atoms with van der Waals surface area (Å²) in [6.07, 6.45) is 7.37. The smallest absolute Gasteiger partial charge is 0.274 e. The standard InChI is InChI=1S/C18H19F2N3O/c19-14-7-4-8-15(20)17(14)23-18(24)16-11-13(9-10-21-16)22-12-5-2-1-3-6-12/h4,7-12H,1-3,5-6H2,(H,21,22)(H,23,24). The molecule has 126 valence electrons. The van der Waals surface area contributed by atoms with Crippen LogP contribution in [-0.2, 0) is 0 Å². The lowest BCUT2D eigenvalue weighted by Crippen LogP contribution is -2.22. The van der Waals surface area contributed by atoms with E-state index in [0.29, 0.717) is 6.04 Å². The van der Waals surface area contributed by atoms with E-state index in [2.05, 4.69) is 15.6 Å². The molecule has 0 spiro atoms. The third-order valence-corrected chi connectivity index (χ3v) is 4.17. The van der Waals surface area contributed by atoms with E-state index < -0.39 is 23.2 Å². The van der Waals surface area contributed by atoms with Crippen LogP contribution in [0, 0.1) is 11.6 Å². The maximum absolute atomic E-state index is 13.6. The highest BCUT2D eigenvalue weighted by molar-refractivity contribution is 6.03. The number of aromatic nitrogens is 1. The number of carbonyl (C=O) groups is 1. The van der Waals surface area contributed by atoms with Crippen LogP contribution >= 0.6 is 0 Å². The molecule has 0 unspecified atom stereocenters. The molecule has 1 fully saturated rings. The van der Waals surface area contributed by atoms with Gasteiger partial charge in [0.25, 0.3) is 5.91 Å². The van der Waals surface area contributed by atoms with Crippen molar-refractivity contribution in [2.45, 2.75) is 38.1 Å². The Kier molecular flexibility index (Phi) is 5.03. The zero-order chi connectivity index (χ0) is 16.9. The summed E-state index contributed by atoms with van der Waals surface area (Å²) in [5.74, 6) is -2.29. The van der Waals surface area contributed by atoms with Gasteiger partial charge in [0.1, 0.15) is 23.0 Å². The van der Waals surface area contributed by atoms with Crippen LogP contribution in [0.3, 0.4) is 0 Å². The average molecular weight is 331 g/mol. The van der Waals surface area contributed by atoms with Gasteiger partial charge in [0.15, 0.2) is 0 Å². The van der Waals surface area contributed by atoms with E-state index in [1.807, 2.05) is 0 Å². The summed E-state index contributed by atoms with van der Waals surface area (Å²) in [4.78, 5) is 16.2. The fourth-order valence-electron chi connectivity index (χ4n) is 2.92. The molecule has 1 aromatic carbocycles. The Labute approximate surface area is 139 Å². The minimum atomic E-state index is -0.820. The van der Waals surface area contributed by atoms with Crippen LogP contribution < -0.4 is 10.6 Å². The minimum absolute atomic E-state index is 0.110. The molecule has 6 heteroatoms. The summed E-state index contributed by atoms with van der Waals surface area (Å²) in [6, 6.07) is 7.20. The Morgan fingerprint density at radius 1 is 1.08 bits per heavy atom. The molecular formula is C18H19F2N3O. The van der Waals surface area contributed by atoms with Gasteiger partial charge in [0.05, 0.1) is 0 Å². The Bertz CT molecular complexity index is 710. The van der Waals surface area contributed by atoms with Crippen LogP contribution in [-0.4, -0.2) is 16.9 Å². The second kappa shape index (κ2) is 7.38. The van der Waals surface area contributed by atoms with Gasteiger partial charge in [-0.3, -0.25) is 9.78 Å². The number of benzene rings is 1. The van der Waals surface area contributed by atoms with Crippen molar-refractivity contribution >= 4 is 17.3 Å². The van der Waals surface area contributed by atoms with Crippen LogP contribution in [0.15, 0.2) is 36.5 Å². The third-order valence-electron chi connectivity index (χ3n) is 4.17. The zero-order valence-corrected chi connectivity index (χ0v) is 13.2. The van der Waals surface area contributed by atoms with E-state index in [0.717, 1.165) is 30.7 Å². The Morgan fingerprint density at radius 3 is 2.50 bits per heavy atom. The summed E-state index contributed by atoms with van der Waals surface area (Å²) in [7, 11) is 0. The van der Waals surface area contributed by atoms with Crippen molar-refractivity contribution < 1.29 is 13.6 Å². The predicted molar refractivity (Wildman–Crippen MR) is 89.0 cm³/mol. The third kappa shape index (κ3) is 3.88. The normalized spacial score (nSPS) is 15.1. The molecule has 2 aromatic rings. The highest BCUT2D eigenvalue weighted by Crippen LogP contribution is 2.22. The van der Waals surface area contributed by atoms with Crippen molar-refractivity contribution in [2.24, 2.45) is 0 Å². The van der Waals surface area contributed by atoms with Crippen LogP contribution in [0.2, 0.25) is 0 Å². The van der Waals surface area contributed by atoms with E-state index in [-0.39, 0.29) is 5.69 Å². The first-order valence-corrected chi connectivity index (χ1v) is 8.11. The molecular weight excluding hydrogens is 312 g/mol. The number of nitrogens with one attached hydrogen (secondary N) is 2. The van der Waals surface area contributed by atoms with Gasteiger partial charge in [0.2, 0.25) is 0 Å². The van der Waals surface area contributed by atoms with Gasteiger partial charge in [-0.05, 0) is 37.1 Å². The average Bonchev–Trinajstić information content (AvgIpc) is 2.59. The fourth-order valence-corrected chi connectivity index (χ4v) is 2.92. The van der Waals surface area contributed by atoms with Crippen molar-refractivity contribution in [2.75, 3.05) is 10.6 Å². The Hall–Kier alpha value is -2.50. The molecule has 1 saturated carbocycles. The first-order chi connectivity index (χ1) is 11.6. The lowest BCUT2D eigenvalue weighted by Gasteiger charge is -2.23. The second-order valence-corrected chi connectivity index (χ2v) is 5.96. The summed E-state index contributed by atoms with van der Waals surface area (Å²) in [5.41, 5.74) is 0.435. The maximum atomic E-state index is 13.6. The van der Waals surface area contributed by atoms with Gasteiger partial charge in [-0.1, -0.05) is 25.3 Å². The highest BCUT2D eigenvalue weighted by atomic mass is 19.1. The van der Waals surface area contributed by atoms with E-state index in [1.165, 1.54) is 31.5 Å². The molecule has 1 heterocycles. The second-order valence-electron chi connectivity index (χ2n) is 5.96. The minimum Gasteiger partial charge on any atom is -0.382 e. The number of anilines is 2. The van der Waals surface area contributed by atoms with Gasteiger partial charge in [-0.15, -0.1) is 0 Å². The van der Waals surface area contributed by atoms with Crippen molar-refractivity contribution in [1.29, 1.82) is 0 Å². The number of hydrogen-bond donors (Lipinski definition) is 2. The van der Waals surface area contributed by atoms with E-state index in [1.54, 1.807) is 12.1 Å². The molecule has 1 aliphatic rings. The number of halogens is 2. The molecule has 1 amide bonds. The molecule has 0 bridgehead atoms. The van der Waals surface area contributed by atoms with Crippen molar-refractivity contribution in [3.63, 3.8) is 0 Å². The lowest BCUT2D eigenvalue weighted by molar-refractivity contribution is 0.102. The van der Waals surface area contributed by atoms with Gasteiger partial charge >= 0.3 is 0 Å². The number of nitrogens with zero attached hydrogens (tertiary/aromatic N) is 1. The Morgan fingerprint density at radius 2 is 1.79 bits per heavy atom. The first kappa shape index (κ1) is 16.4. The zero-order valence-electron chi connectivity index (χ0n) is 13.2. The van der Waals surface area contributed by atoms with Crippen molar-refractivity contribution in [3.8, 4) is 0 Å². The first-order valence-electron chi connectivity index (χ1n) is 8.11. The van der Waals surface area contributed by atoms with Gasteiger partial charge in [0, 0.05) is 17.9 Å². The monoisotopic (exact) mass is 331 g/mol. The topological polar surface area (TPSA) is 54.0 Å². The van der Waals surface area contributed by atoms with E-state index in [9.17, 15) is 13.6 Å². The summed E-state index contributed by atoms with van der Waals surface area (Å²) in [6.45, 7) is 0. The molecule has 0 saturated heterocycles. The molecule has 2 N–H and O–H groups in total. The number of para-hydroxylation sites is 1. The quantitative estimate of drug-likeness (QED) is 0.875. The van der Waals surface area contributed by atoms with Crippen molar-refractivity contribution in [3.05, 3.63) is 53.9 Å². The van der Waals surface area contributed by atoms with E-state index in [4.69, 9.17) is 0 Å². The highest BCUT2D eigenvalue weighted by Gasteiger charge is 2.16. The summed E-state index contributed by atoms with van der Waals surface area (Å²) < 4.78 is 27.3. The van der Waals surface area contributed by atoms with Gasteiger partial charge in [-0.25, -0.2) is 8.78 Å². The molecule has 1 aromatic heterocycles. The molecule has 24 heavy (non-hydrogen) atoms. The SMILES string of the molecule is O=C(Nc1c(F)cccc1F)c1cc(NC2CCCCC2)ccn1. The Balaban J connectivity index is 1.72. The van der Waals surface area contributed by atoms with Gasteiger partial charge < -0.3 is 10.6 Å². The number of hydrogen-bond acceptors (Lipinski definition) is 3. The van der Waals surface area contributed by atoms with Gasteiger partial charge in [-0.2, -0.15) is 0 Å². The molecule has 3 rings (SSSR count). The number of carbonyl (C=O) groups excluding carboxylic acids is 1. The summed E-state index contributed by atoms with van der Waals surface area (Å²) >= 11 is 0. The molecule has 4 nitrogen and oxygen atoms in total. The number of rotatable bonds is 4. The fraction of sp³-hybridized carbons (Fsp3) is 0.333. The largest absolute Gasteiger partial charge is 0.382 e. The molecule has 1 aliphatic carbocycles. The predicted octanol–water partition coefficient (Wildman–Crippen LogP) is 4.36. The molecule has 0 aliphatic heterocycles. The van der Waals surface area contributed by atoms with Crippen LogP contribution in [0.5, 0.6) is 0 Å². The number of amides is 1. The van der Waals surface area contributed by atoms with Crippen LogP contribution in [0.25, 0.3) is 0 Å². The lowest BCUT2D eigenvalue weighted by atomic mass is 9.95. The summed E-state index contributed by atoms with van der Waals surface area (Å²) in [5, 5.41) is 5.64. The molecule has 0 atom stereocenters. The molecule has 0 radical (unpaired) electrons. The van der Waals surface area contributed by atoms with E-state index >= 15 is 0 Å². The number of pyridine rings is 1. The van der Waals surface area contributed by atoms with Crippen molar-refractivity contribution in [1.82, 2.24) is 4.98 Å². The van der Waals surface area contributed by atoms with Crippen LogP contribution in [0.4, 0.5) is 20.2 Å². The maximum Gasteiger partial charge on any atom is 0.274 e. The van der Waals surface area contributed by atoms with Crippen LogP contribution in [0.1, 0.15) is 42.6 Å².